The van der Waals surface area contributed by atoms with E-state index in [0.717, 1.165) is 19.6 Å². The maximum Gasteiger partial charge on any atom is 0.210 e. The predicted molar refractivity (Wildman–Crippen MR) is 61.1 cm³/mol. The largest absolute Gasteiger partial charge is 0.313 e. The van der Waals surface area contributed by atoms with Crippen LogP contribution in [-0.2, 0) is 10.0 Å². The van der Waals surface area contributed by atoms with E-state index in [-0.39, 0.29) is 5.75 Å². The lowest BCUT2D eigenvalue weighted by atomic mass is 10.2. The molecule has 0 amide bonds. The molecule has 1 fully saturated rings. The molecule has 3 N–H and O–H groups in total. The Hall–Kier alpha value is -0.170. The van der Waals surface area contributed by atoms with Crippen molar-refractivity contribution < 1.29 is 8.42 Å². The molecular weight excluding hydrogens is 214 g/mol. The van der Waals surface area contributed by atoms with Crippen molar-refractivity contribution in [3.63, 3.8) is 0 Å². The highest BCUT2D eigenvalue weighted by atomic mass is 32.2. The van der Waals surface area contributed by atoms with Crippen molar-refractivity contribution in [3.8, 4) is 0 Å². The summed E-state index contributed by atoms with van der Waals surface area (Å²) in [6, 6.07) is 0.519. The number of rotatable bonds is 6. The van der Waals surface area contributed by atoms with E-state index in [1.165, 1.54) is 12.8 Å². The molecule has 15 heavy (non-hydrogen) atoms. The third-order valence-corrected chi connectivity index (χ3v) is 3.53. The summed E-state index contributed by atoms with van der Waals surface area (Å²) >= 11 is 0. The quantitative estimate of drug-likeness (QED) is 0.641. The average Bonchev–Trinajstić information content (AvgIpc) is 2.63. The van der Waals surface area contributed by atoms with E-state index in [0.29, 0.717) is 12.6 Å². The molecule has 1 heterocycles. The summed E-state index contributed by atoms with van der Waals surface area (Å²) in [5.74, 6) is 0.0492. The molecule has 0 saturated carbocycles. The standard InChI is InChI=1S/C9H21N3O2S/c1-2-12(6-7-15(10,13)14)8-9-4-3-5-11-9/h9,11H,2-8H2,1H3,(H2,10,13,14). The van der Waals surface area contributed by atoms with Crippen molar-refractivity contribution in [2.24, 2.45) is 5.14 Å². The number of hydrogen-bond acceptors (Lipinski definition) is 4. The van der Waals surface area contributed by atoms with Gasteiger partial charge in [0.1, 0.15) is 0 Å². The first-order chi connectivity index (χ1) is 7.01. The van der Waals surface area contributed by atoms with Gasteiger partial charge in [-0.15, -0.1) is 0 Å². The highest BCUT2D eigenvalue weighted by Gasteiger charge is 2.17. The van der Waals surface area contributed by atoms with Crippen LogP contribution in [0.5, 0.6) is 0 Å². The van der Waals surface area contributed by atoms with Crippen molar-refractivity contribution in [1.82, 2.24) is 10.2 Å². The molecule has 0 radical (unpaired) electrons. The number of primary sulfonamides is 1. The fraction of sp³-hybridized carbons (Fsp3) is 1.00. The first-order valence-corrected chi connectivity index (χ1v) is 7.19. The van der Waals surface area contributed by atoms with Crippen molar-refractivity contribution in [2.45, 2.75) is 25.8 Å². The third kappa shape index (κ3) is 5.46. The van der Waals surface area contributed by atoms with E-state index in [4.69, 9.17) is 5.14 Å². The second kappa shape index (κ2) is 5.79. The number of likely N-dealkylation sites (N-methyl/N-ethyl adjacent to an activating group) is 1. The molecule has 0 aromatic rings. The second-order valence-corrected chi connectivity index (χ2v) is 5.79. The number of nitrogens with zero attached hydrogens (tertiary/aromatic N) is 1. The van der Waals surface area contributed by atoms with Crippen LogP contribution in [-0.4, -0.2) is 51.3 Å². The van der Waals surface area contributed by atoms with Crippen molar-refractivity contribution in [3.05, 3.63) is 0 Å². The predicted octanol–water partition coefficient (Wildman–Crippen LogP) is -0.651. The van der Waals surface area contributed by atoms with E-state index in [1.807, 2.05) is 6.92 Å². The summed E-state index contributed by atoms with van der Waals surface area (Å²) in [7, 11) is -3.32. The van der Waals surface area contributed by atoms with Crippen molar-refractivity contribution in [2.75, 3.05) is 31.9 Å². The Labute approximate surface area is 92.1 Å². The van der Waals surface area contributed by atoms with Crippen LogP contribution >= 0.6 is 0 Å². The van der Waals surface area contributed by atoms with Gasteiger partial charge in [-0.25, -0.2) is 13.6 Å². The van der Waals surface area contributed by atoms with Crippen LogP contribution < -0.4 is 10.5 Å². The highest BCUT2D eigenvalue weighted by molar-refractivity contribution is 7.89. The molecule has 5 nitrogen and oxygen atoms in total. The zero-order valence-corrected chi connectivity index (χ0v) is 10.1. The second-order valence-electron chi connectivity index (χ2n) is 4.05. The van der Waals surface area contributed by atoms with Gasteiger partial charge in [0.15, 0.2) is 0 Å². The van der Waals surface area contributed by atoms with E-state index in [9.17, 15) is 8.42 Å². The van der Waals surface area contributed by atoms with Crippen LogP contribution in [0.2, 0.25) is 0 Å². The maximum absolute atomic E-state index is 10.8. The molecule has 1 rings (SSSR count). The maximum atomic E-state index is 10.8. The van der Waals surface area contributed by atoms with Crippen LogP contribution in [0.15, 0.2) is 0 Å². The van der Waals surface area contributed by atoms with Crippen molar-refractivity contribution in [1.29, 1.82) is 0 Å². The van der Waals surface area contributed by atoms with E-state index in [2.05, 4.69) is 10.2 Å². The zero-order chi connectivity index (χ0) is 11.3. The lowest BCUT2D eigenvalue weighted by Gasteiger charge is -2.23. The molecular formula is C9H21N3O2S. The van der Waals surface area contributed by atoms with Gasteiger partial charge in [-0.3, -0.25) is 0 Å². The first kappa shape index (κ1) is 12.9. The summed E-state index contributed by atoms with van der Waals surface area (Å²) in [6.45, 7) is 5.45. The minimum absolute atomic E-state index is 0.0492. The van der Waals surface area contributed by atoms with E-state index < -0.39 is 10.0 Å². The van der Waals surface area contributed by atoms with Gasteiger partial charge in [0.05, 0.1) is 5.75 Å². The Morgan fingerprint density at radius 1 is 1.53 bits per heavy atom. The van der Waals surface area contributed by atoms with Gasteiger partial charge in [-0.2, -0.15) is 0 Å². The molecule has 6 heteroatoms. The lowest BCUT2D eigenvalue weighted by molar-refractivity contribution is 0.275. The molecule has 1 aliphatic rings. The van der Waals surface area contributed by atoms with Crippen LogP contribution in [0.25, 0.3) is 0 Å². The van der Waals surface area contributed by atoms with Crippen LogP contribution in [0, 0.1) is 0 Å². The number of sulfonamides is 1. The molecule has 1 saturated heterocycles. The Morgan fingerprint density at radius 3 is 2.73 bits per heavy atom. The van der Waals surface area contributed by atoms with Gasteiger partial charge in [-0.1, -0.05) is 6.92 Å². The molecule has 0 bridgehead atoms. The fourth-order valence-corrected chi connectivity index (χ4v) is 2.37. The molecule has 90 valence electrons. The lowest BCUT2D eigenvalue weighted by Crippen LogP contribution is -2.40. The molecule has 0 aromatic heterocycles. The molecule has 1 unspecified atom stereocenters. The average molecular weight is 235 g/mol. The molecule has 0 aliphatic carbocycles. The molecule has 0 aromatic carbocycles. The smallest absolute Gasteiger partial charge is 0.210 e. The monoisotopic (exact) mass is 235 g/mol. The Morgan fingerprint density at radius 2 is 2.27 bits per heavy atom. The minimum atomic E-state index is -3.32. The molecule has 1 aliphatic heterocycles. The number of hydrogen-bond donors (Lipinski definition) is 2. The summed E-state index contributed by atoms with van der Waals surface area (Å²) in [5, 5.41) is 8.37. The van der Waals surface area contributed by atoms with Gasteiger partial charge in [0, 0.05) is 19.1 Å². The van der Waals surface area contributed by atoms with Gasteiger partial charge in [0.2, 0.25) is 10.0 Å². The van der Waals surface area contributed by atoms with Crippen LogP contribution in [0.4, 0.5) is 0 Å². The van der Waals surface area contributed by atoms with E-state index >= 15 is 0 Å². The normalized spacial score (nSPS) is 22.5. The topological polar surface area (TPSA) is 75.4 Å². The van der Waals surface area contributed by atoms with Gasteiger partial charge >= 0.3 is 0 Å². The zero-order valence-electron chi connectivity index (χ0n) is 9.28. The van der Waals surface area contributed by atoms with Gasteiger partial charge in [0.25, 0.3) is 0 Å². The van der Waals surface area contributed by atoms with Crippen LogP contribution in [0.3, 0.4) is 0 Å². The Kier molecular flexibility index (Phi) is 4.98. The number of nitrogens with one attached hydrogen (secondary N) is 1. The Bertz CT molecular complexity index is 273. The van der Waals surface area contributed by atoms with Crippen LogP contribution in [0.1, 0.15) is 19.8 Å². The summed E-state index contributed by atoms with van der Waals surface area (Å²) in [4.78, 5) is 2.13. The van der Waals surface area contributed by atoms with E-state index in [1.54, 1.807) is 0 Å². The summed E-state index contributed by atoms with van der Waals surface area (Å²) in [5.41, 5.74) is 0. The molecule has 0 spiro atoms. The van der Waals surface area contributed by atoms with Gasteiger partial charge < -0.3 is 10.2 Å². The highest BCUT2D eigenvalue weighted by Crippen LogP contribution is 2.06. The van der Waals surface area contributed by atoms with Gasteiger partial charge in [-0.05, 0) is 25.9 Å². The summed E-state index contributed by atoms with van der Waals surface area (Å²) in [6.07, 6.45) is 2.41. The minimum Gasteiger partial charge on any atom is -0.313 e. The number of nitrogens with two attached hydrogens (primary N) is 1. The SMILES string of the molecule is CCN(CCS(N)(=O)=O)CC1CCCN1. The Balaban J connectivity index is 2.28. The molecule has 1 atom stereocenters. The third-order valence-electron chi connectivity index (χ3n) is 2.78. The van der Waals surface area contributed by atoms with Crippen molar-refractivity contribution >= 4 is 10.0 Å². The summed E-state index contributed by atoms with van der Waals surface area (Å²) < 4.78 is 21.6. The first-order valence-electron chi connectivity index (χ1n) is 5.47. The fourth-order valence-electron chi connectivity index (χ4n) is 1.86.